The van der Waals surface area contributed by atoms with E-state index in [2.05, 4.69) is 26.3 Å². The Morgan fingerprint density at radius 2 is 1.96 bits per heavy atom. The molecule has 1 aromatic carbocycles. The molecule has 0 radical (unpaired) electrons. The van der Waals surface area contributed by atoms with E-state index in [9.17, 15) is 4.79 Å². The number of carbonyl (C=O) groups excluding carboxylic acids is 1. The fraction of sp³-hybridized carbons (Fsp3) is 0.375. The highest BCUT2D eigenvalue weighted by Crippen LogP contribution is 2.27. The Balaban J connectivity index is 1.92. The standard InChI is InChI=1S/C16H20BrN3O3/c1-11-12(17)10-20(19-11)9-5-8-18-16(21)15-13(22-2)6-4-7-14(15)23-3/h4,6-7,10H,5,8-9H2,1-3H3,(H,18,21). The second-order valence-electron chi connectivity index (χ2n) is 4.97. The molecule has 2 aromatic rings. The van der Waals surface area contributed by atoms with Crippen molar-refractivity contribution in [3.8, 4) is 11.5 Å². The summed E-state index contributed by atoms with van der Waals surface area (Å²) in [7, 11) is 3.06. The lowest BCUT2D eigenvalue weighted by molar-refractivity contribution is 0.0946. The van der Waals surface area contributed by atoms with Crippen LogP contribution in [0.2, 0.25) is 0 Å². The minimum absolute atomic E-state index is 0.211. The lowest BCUT2D eigenvalue weighted by atomic mass is 10.1. The topological polar surface area (TPSA) is 65.4 Å². The number of amides is 1. The number of halogens is 1. The minimum Gasteiger partial charge on any atom is -0.496 e. The molecule has 6 nitrogen and oxygen atoms in total. The molecular weight excluding hydrogens is 362 g/mol. The van der Waals surface area contributed by atoms with Crippen molar-refractivity contribution >= 4 is 21.8 Å². The number of hydrogen-bond donors (Lipinski definition) is 1. The molecule has 1 N–H and O–H groups in total. The Labute approximate surface area is 143 Å². The van der Waals surface area contributed by atoms with Crippen molar-refractivity contribution in [2.45, 2.75) is 19.9 Å². The van der Waals surface area contributed by atoms with Gasteiger partial charge >= 0.3 is 0 Å². The quantitative estimate of drug-likeness (QED) is 0.748. The number of rotatable bonds is 7. The van der Waals surface area contributed by atoms with Crippen molar-refractivity contribution in [2.75, 3.05) is 20.8 Å². The molecule has 1 amide bonds. The Morgan fingerprint density at radius 1 is 1.30 bits per heavy atom. The van der Waals surface area contributed by atoms with Gasteiger partial charge in [0.05, 0.1) is 24.4 Å². The molecule has 7 heteroatoms. The van der Waals surface area contributed by atoms with Crippen LogP contribution in [0.3, 0.4) is 0 Å². The molecule has 2 rings (SSSR count). The fourth-order valence-electron chi connectivity index (χ4n) is 2.21. The van der Waals surface area contributed by atoms with E-state index >= 15 is 0 Å². The van der Waals surface area contributed by atoms with Gasteiger partial charge in [0, 0.05) is 19.3 Å². The van der Waals surface area contributed by atoms with Crippen LogP contribution in [0.1, 0.15) is 22.5 Å². The predicted molar refractivity (Wildman–Crippen MR) is 91.2 cm³/mol. The summed E-state index contributed by atoms with van der Waals surface area (Å²) in [5.74, 6) is 0.777. The molecule has 0 atom stereocenters. The van der Waals surface area contributed by atoms with Gasteiger partial charge in [0.15, 0.2) is 0 Å². The summed E-state index contributed by atoms with van der Waals surface area (Å²) < 4.78 is 13.3. The van der Waals surface area contributed by atoms with Gasteiger partial charge < -0.3 is 14.8 Å². The second-order valence-corrected chi connectivity index (χ2v) is 5.83. The van der Waals surface area contributed by atoms with E-state index in [0.29, 0.717) is 23.6 Å². The van der Waals surface area contributed by atoms with Crippen LogP contribution in [-0.2, 0) is 6.54 Å². The first-order chi connectivity index (χ1) is 11.1. The Morgan fingerprint density at radius 3 is 2.48 bits per heavy atom. The Bertz CT molecular complexity index is 643. The summed E-state index contributed by atoms with van der Waals surface area (Å²) >= 11 is 3.43. The molecule has 1 heterocycles. The number of methoxy groups -OCH3 is 2. The van der Waals surface area contributed by atoms with Crippen LogP contribution in [0, 0.1) is 6.92 Å². The number of benzene rings is 1. The summed E-state index contributed by atoms with van der Waals surface area (Å²) in [4.78, 5) is 12.4. The molecule has 1 aromatic heterocycles. The number of aryl methyl sites for hydroxylation is 2. The lowest BCUT2D eigenvalue weighted by Gasteiger charge is -2.13. The number of aromatic nitrogens is 2. The van der Waals surface area contributed by atoms with E-state index in [0.717, 1.165) is 23.1 Å². The molecule has 0 fully saturated rings. The maximum Gasteiger partial charge on any atom is 0.258 e. The van der Waals surface area contributed by atoms with Gasteiger partial charge in [0.2, 0.25) is 0 Å². The van der Waals surface area contributed by atoms with Crippen LogP contribution in [0.25, 0.3) is 0 Å². The first kappa shape index (κ1) is 17.3. The molecule has 0 aliphatic carbocycles. The van der Waals surface area contributed by atoms with Gasteiger partial charge in [-0.1, -0.05) is 6.07 Å². The SMILES string of the molecule is COc1cccc(OC)c1C(=O)NCCCn1cc(Br)c(C)n1. The third kappa shape index (κ3) is 4.25. The number of carbonyl (C=O) groups is 1. The minimum atomic E-state index is -0.211. The van der Waals surface area contributed by atoms with E-state index in [1.165, 1.54) is 14.2 Å². The lowest BCUT2D eigenvalue weighted by Crippen LogP contribution is -2.26. The predicted octanol–water partition coefficient (Wildman–Crippen LogP) is 2.79. The number of nitrogens with zero attached hydrogens (tertiary/aromatic N) is 2. The molecule has 0 unspecified atom stereocenters. The number of ether oxygens (including phenoxy) is 2. The monoisotopic (exact) mass is 381 g/mol. The first-order valence-corrected chi connectivity index (χ1v) is 8.05. The zero-order chi connectivity index (χ0) is 16.8. The summed E-state index contributed by atoms with van der Waals surface area (Å²) in [6.07, 6.45) is 2.71. The molecule has 0 aliphatic heterocycles. The van der Waals surface area contributed by atoms with Gasteiger partial charge in [0.1, 0.15) is 17.1 Å². The average molecular weight is 382 g/mol. The zero-order valence-corrected chi connectivity index (χ0v) is 15.0. The third-order valence-electron chi connectivity index (χ3n) is 3.39. The molecule has 0 saturated heterocycles. The van der Waals surface area contributed by atoms with Crippen molar-refractivity contribution < 1.29 is 14.3 Å². The van der Waals surface area contributed by atoms with E-state index in [4.69, 9.17) is 9.47 Å². The van der Waals surface area contributed by atoms with Gasteiger partial charge in [-0.25, -0.2) is 0 Å². The number of nitrogens with one attached hydrogen (secondary N) is 1. The van der Waals surface area contributed by atoms with Crippen LogP contribution >= 0.6 is 15.9 Å². The normalized spacial score (nSPS) is 10.4. The summed E-state index contributed by atoms with van der Waals surface area (Å²) in [6, 6.07) is 5.26. The summed E-state index contributed by atoms with van der Waals surface area (Å²) in [5.41, 5.74) is 1.36. The van der Waals surface area contributed by atoms with Crippen LogP contribution in [0.15, 0.2) is 28.9 Å². The highest BCUT2D eigenvalue weighted by atomic mass is 79.9. The average Bonchev–Trinajstić information content (AvgIpc) is 2.88. The fourth-order valence-corrected chi connectivity index (χ4v) is 2.53. The molecule has 23 heavy (non-hydrogen) atoms. The maximum absolute atomic E-state index is 12.4. The molecule has 0 saturated carbocycles. The second kappa shape index (κ2) is 8.01. The van der Waals surface area contributed by atoms with E-state index < -0.39 is 0 Å². The van der Waals surface area contributed by atoms with Gasteiger partial charge in [-0.3, -0.25) is 9.48 Å². The number of hydrogen-bond acceptors (Lipinski definition) is 4. The van der Waals surface area contributed by atoms with E-state index in [-0.39, 0.29) is 5.91 Å². The molecule has 124 valence electrons. The smallest absolute Gasteiger partial charge is 0.258 e. The van der Waals surface area contributed by atoms with Crippen LogP contribution < -0.4 is 14.8 Å². The van der Waals surface area contributed by atoms with Crippen molar-refractivity contribution in [2.24, 2.45) is 0 Å². The Hall–Kier alpha value is -2.02. The zero-order valence-electron chi connectivity index (χ0n) is 13.4. The van der Waals surface area contributed by atoms with Crippen molar-refractivity contribution in [1.82, 2.24) is 15.1 Å². The van der Waals surface area contributed by atoms with Gasteiger partial charge in [-0.2, -0.15) is 5.10 Å². The van der Waals surface area contributed by atoms with Crippen molar-refractivity contribution in [1.29, 1.82) is 0 Å². The third-order valence-corrected chi connectivity index (χ3v) is 4.17. The van der Waals surface area contributed by atoms with E-state index in [1.807, 2.05) is 17.8 Å². The van der Waals surface area contributed by atoms with Gasteiger partial charge in [-0.15, -0.1) is 0 Å². The highest BCUT2D eigenvalue weighted by molar-refractivity contribution is 9.10. The molecule has 0 bridgehead atoms. The van der Waals surface area contributed by atoms with Crippen molar-refractivity contribution in [3.05, 3.63) is 40.1 Å². The van der Waals surface area contributed by atoms with Gasteiger partial charge in [-0.05, 0) is 41.4 Å². The van der Waals surface area contributed by atoms with Crippen LogP contribution in [0.5, 0.6) is 11.5 Å². The van der Waals surface area contributed by atoms with Crippen LogP contribution in [-0.4, -0.2) is 36.5 Å². The highest BCUT2D eigenvalue weighted by Gasteiger charge is 2.17. The van der Waals surface area contributed by atoms with E-state index in [1.54, 1.807) is 18.2 Å². The Kier molecular flexibility index (Phi) is 6.04. The molecular formula is C16H20BrN3O3. The van der Waals surface area contributed by atoms with Crippen LogP contribution in [0.4, 0.5) is 0 Å². The summed E-state index contributed by atoms with van der Waals surface area (Å²) in [6.45, 7) is 3.21. The summed E-state index contributed by atoms with van der Waals surface area (Å²) in [5, 5.41) is 7.25. The molecule has 0 spiro atoms. The first-order valence-electron chi connectivity index (χ1n) is 7.25. The van der Waals surface area contributed by atoms with Gasteiger partial charge in [0.25, 0.3) is 5.91 Å². The molecule has 0 aliphatic rings. The van der Waals surface area contributed by atoms with Crippen molar-refractivity contribution in [3.63, 3.8) is 0 Å². The largest absolute Gasteiger partial charge is 0.496 e. The maximum atomic E-state index is 12.4.